The average Bonchev–Trinajstić information content (AvgIpc) is 2.80. The van der Waals surface area contributed by atoms with Crippen LogP contribution in [0.2, 0.25) is 0 Å². The average molecular weight is 315 g/mol. The van der Waals surface area contributed by atoms with Crippen molar-refractivity contribution in [1.82, 2.24) is 4.98 Å². The van der Waals surface area contributed by atoms with Gasteiger partial charge in [0.05, 0.1) is 10.0 Å². The van der Waals surface area contributed by atoms with Crippen LogP contribution in [0.3, 0.4) is 0 Å². The van der Waals surface area contributed by atoms with Gasteiger partial charge in [-0.1, -0.05) is 6.07 Å². The van der Waals surface area contributed by atoms with E-state index in [4.69, 9.17) is 5.73 Å². The van der Waals surface area contributed by atoms with E-state index in [2.05, 4.69) is 20.9 Å². The van der Waals surface area contributed by atoms with Gasteiger partial charge in [-0.05, 0) is 28.1 Å². The number of rotatable bonds is 3. The van der Waals surface area contributed by atoms with Gasteiger partial charge in [-0.2, -0.15) is 0 Å². The highest BCUT2D eigenvalue weighted by molar-refractivity contribution is 9.10. The molecule has 0 saturated heterocycles. The standard InChI is InChI=1S/C11H8BrFN2OS/c12-7-3-1-2-6(10(7)13)11(16)8-5-17-9(4-14)15-8/h1-3,5H,4,14H2. The first-order valence-electron chi connectivity index (χ1n) is 4.76. The van der Waals surface area contributed by atoms with Gasteiger partial charge in [-0.15, -0.1) is 11.3 Å². The van der Waals surface area contributed by atoms with E-state index in [1.807, 2.05) is 0 Å². The monoisotopic (exact) mass is 314 g/mol. The van der Waals surface area contributed by atoms with Crippen LogP contribution >= 0.6 is 27.3 Å². The summed E-state index contributed by atoms with van der Waals surface area (Å²) in [6.07, 6.45) is 0. The van der Waals surface area contributed by atoms with Crippen molar-refractivity contribution in [3.8, 4) is 0 Å². The van der Waals surface area contributed by atoms with Crippen LogP contribution in [-0.2, 0) is 6.54 Å². The third kappa shape index (κ3) is 2.43. The first-order valence-corrected chi connectivity index (χ1v) is 6.44. The van der Waals surface area contributed by atoms with E-state index in [0.29, 0.717) is 5.01 Å². The van der Waals surface area contributed by atoms with Crippen molar-refractivity contribution in [2.24, 2.45) is 5.73 Å². The molecule has 0 radical (unpaired) electrons. The Hall–Kier alpha value is -1.11. The summed E-state index contributed by atoms with van der Waals surface area (Å²) >= 11 is 4.33. The molecule has 0 amide bonds. The van der Waals surface area contributed by atoms with Crippen molar-refractivity contribution >= 4 is 33.0 Å². The van der Waals surface area contributed by atoms with Gasteiger partial charge in [0.15, 0.2) is 0 Å². The molecule has 2 rings (SSSR count). The molecule has 0 atom stereocenters. The molecule has 0 unspecified atom stereocenters. The Morgan fingerprint density at radius 3 is 2.94 bits per heavy atom. The molecule has 0 saturated carbocycles. The zero-order chi connectivity index (χ0) is 12.4. The number of nitrogens with two attached hydrogens (primary N) is 1. The third-order valence-corrected chi connectivity index (χ3v) is 3.64. The molecule has 1 aromatic carbocycles. The van der Waals surface area contributed by atoms with Crippen molar-refractivity contribution < 1.29 is 9.18 Å². The fourth-order valence-corrected chi connectivity index (χ4v) is 2.35. The molecule has 0 aliphatic carbocycles. The first-order chi connectivity index (χ1) is 8.13. The van der Waals surface area contributed by atoms with E-state index < -0.39 is 11.6 Å². The molecule has 2 aromatic rings. The van der Waals surface area contributed by atoms with Gasteiger partial charge < -0.3 is 5.73 Å². The van der Waals surface area contributed by atoms with Crippen molar-refractivity contribution in [2.75, 3.05) is 0 Å². The van der Waals surface area contributed by atoms with Crippen LogP contribution in [0.4, 0.5) is 4.39 Å². The number of carbonyl (C=O) groups is 1. The summed E-state index contributed by atoms with van der Waals surface area (Å²) in [5, 5.41) is 2.24. The molecule has 1 heterocycles. The Labute approximate surface area is 110 Å². The van der Waals surface area contributed by atoms with Crippen molar-refractivity contribution in [1.29, 1.82) is 0 Å². The molecule has 6 heteroatoms. The van der Waals surface area contributed by atoms with Crippen LogP contribution in [0.1, 0.15) is 21.1 Å². The molecule has 0 spiro atoms. The van der Waals surface area contributed by atoms with E-state index >= 15 is 0 Å². The maximum Gasteiger partial charge on any atom is 0.215 e. The molecule has 0 fully saturated rings. The van der Waals surface area contributed by atoms with E-state index in [1.54, 1.807) is 17.5 Å². The molecule has 3 nitrogen and oxygen atoms in total. The van der Waals surface area contributed by atoms with E-state index in [9.17, 15) is 9.18 Å². The quantitative estimate of drug-likeness (QED) is 0.886. The predicted molar refractivity (Wildman–Crippen MR) is 67.5 cm³/mol. The number of hydrogen-bond acceptors (Lipinski definition) is 4. The predicted octanol–water partition coefficient (Wildman–Crippen LogP) is 2.73. The van der Waals surface area contributed by atoms with Crippen molar-refractivity contribution in [3.05, 3.63) is 50.1 Å². The minimum atomic E-state index is -0.570. The lowest BCUT2D eigenvalue weighted by molar-refractivity contribution is 0.103. The van der Waals surface area contributed by atoms with Gasteiger partial charge in [-0.3, -0.25) is 4.79 Å². The lowest BCUT2D eigenvalue weighted by Crippen LogP contribution is -2.06. The molecular formula is C11H8BrFN2OS. The third-order valence-electron chi connectivity index (χ3n) is 2.16. The molecule has 1 aromatic heterocycles. The second-order valence-corrected chi connectivity index (χ2v) is 5.06. The zero-order valence-electron chi connectivity index (χ0n) is 8.61. The molecule has 0 aliphatic heterocycles. The van der Waals surface area contributed by atoms with Crippen LogP contribution in [0.15, 0.2) is 28.1 Å². The summed E-state index contributed by atoms with van der Waals surface area (Å²) in [5.74, 6) is -1.00. The van der Waals surface area contributed by atoms with Crippen LogP contribution < -0.4 is 5.73 Å². The minimum absolute atomic E-state index is 0.00764. The van der Waals surface area contributed by atoms with E-state index in [0.717, 1.165) is 0 Å². The molecule has 0 aliphatic rings. The molecule has 0 bridgehead atoms. The van der Waals surface area contributed by atoms with Gasteiger partial charge in [0, 0.05) is 11.9 Å². The number of thiazole rings is 1. The fraction of sp³-hybridized carbons (Fsp3) is 0.0909. The lowest BCUT2D eigenvalue weighted by atomic mass is 10.1. The highest BCUT2D eigenvalue weighted by Crippen LogP contribution is 2.21. The topological polar surface area (TPSA) is 56.0 Å². The van der Waals surface area contributed by atoms with Gasteiger partial charge in [-0.25, -0.2) is 9.37 Å². The Balaban J connectivity index is 2.40. The second kappa shape index (κ2) is 5.03. The lowest BCUT2D eigenvalue weighted by Gasteiger charge is -2.01. The Bertz CT molecular complexity index is 570. The number of hydrogen-bond donors (Lipinski definition) is 1. The highest BCUT2D eigenvalue weighted by atomic mass is 79.9. The van der Waals surface area contributed by atoms with Crippen LogP contribution in [-0.4, -0.2) is 10.8 Å². The summed E-state index contributed by atoms with van der Waals surface area (Å²) in [5.41, 5.74) is 5.65. The van der Waals surface area contributed by atoms with Crippen LogP contribution in [0.5, 0.6) is 0 Å². The number of ketones is 1. The van der Waals surface area contributed by atoms with Gasteiger partial charge >= 0.3 is 0 Å². The highest BCUT2D eigenvalue weighted by Gasteiger charge is 2.18. The second-order valence-electron chi connectivity index (χ2n) is 3.26. The van der Waals surface area contributed by atoms with Crippen LogP contribution in [0.25, 0.3) is 0 Å². The normalized spacial score (nSPS) is 10.5. The first kappa shape index (κ1) is 12.3. The summed E-state index contributed by atoms with van der Waals surface area (Å²) in [7, 11) is 0. The number of aromatic nitrogens is 1. The minimum Gasteiger partial charge on any atom is -0.325 e. The van der Waals surface area contributed by atoms with Gasteiger partial charge in [0.1, 0.15) is 16.5 Å². The maximum atomic E-state index is 13.7. The molecule has 17 heavy (non-hydrogen) atoms. The Kier molecular flexibility index (Phi) is 3.66. The van der Waals surface area contributed by atoms with Crippen LogP contribution in [0, 0.1) is 5.82 Å². The Morgan fingerprint density at radius 2 is 2.29 bits per heavy atom. The van der Waals surface area contributed by atoms with E-state index in [1.165, 1.54) is 17.4 Å². The maximum absolute atomic E-state index is 13.7. The smallest absolute Gasteiger partial charge is 0.215 e. The van der Waals surface area contributed by atoms with Gasteiger partial charge in [0.25, 0.3) is 0 Å². The number of benzene rings is 1. The number of carbonyl (C=O) groups excluding carboxylic acids is 1. The molecule has 88 valence electrons. The van der Waals surface area contributed by atoms with Gasteiger partial charge in [0.2, 0.25) is 5.78 Å². The summed E-state index contributed by atoms with van der Waals surface area (Å²) in [6.45, 7) is 0.277. The number of nitrogens with zero attached hydrogens (tertiary/aromatic N) is 1. The summed E-state index contributed by atoms with van der Waals surface area (Å²) in [4.78, 5) is 16.0. The zero-order valence-corrected chi connectivity index (χ0v) is 11.0. The SMILES string of the molecule is NCc1nc(C(=O)c2cccc(Br)c2F)cs1. The fourth-order valence-electron chi connectivity index (χ4n) is 1.33. The molecule has 2 N–H and O–H groups in total. The largest absolute Gasteiger partial charge is 0.325 e. The van der Waals surface area contributed by atoms with E-state index in [-0.39, 0.29) is 22.3 Å². The van der Waals surface area contributed by atoms with Crippen molar-refractivity contribution in [2.45, 2.75) is 6.54 Å². The summed E-state index contributed by atoms with van der Waals surface area (Å²) < 4.78 is 14.0. The Morgan fingerprint density at radius 1 is 1.53 bits per heavy atom. The number of halogens is 2. The summed E-state index contributed by atoms with van der Waals surface area (Å²) in [6, 6.07) is 4.58. The van der Waals surface area contributed by atoms with Crippen molar-refractivity contribution in [3.63, 3.8) is 0 Å². The molecular weight excluding hydrogens is 307 g/mol.